The second-order valence-corrected chi connectivity index (χ2v) is 5.48. The van der Waals surface area contributed by atoms with Crippen LogP contribution in [-0.4, -0.2) is 52.8 Å². The van der Waals surface area contributed by atoms with Crippen molar-refractivity contribution in [3.8, 4) is 0 Å². The van der Waals surface area contributed by atoms with Gasteiger partial charge in [-0.1, -0.05) is 25.1 Å². The molecule has 1 unspecified atom stereocenters. The van der Waals surface area contributed by atoms with E-state index < -0.39 is 0 Å². The number of aryl methyl sites for hydroxylation is 1. The molecule has 2 aromatic rings. The number of likely N-dealkylation sites (N-methyl/N-ethyl adjacent to an activating group) is 1. The summed E-state index contributed by atoms with van der Waals surface area (Å²) in [6, 6.07) is 8.00. The average Bonchev–Trinajstić information content (AvgIpc) is 2.84. The summed E-state index contributed by atoms with van der Waals surface area (Å²) in [5.74, 6) is 0.122. The zero-order valence-electron chi connectivity index (χ0n) is 12.6. The fraction of sp³-hybridized carbons (Fsp3) is 0.500. The van der Waals surface area contributed by atoms with Gasteiger partial charge in [0, 0.05) is 25.5 Å². The van der Waals surface area contributed by atoms with E-state index in [1.54, 1.807) is 0 Å². The number of aromatic nitrogens is 2. The summed E-state index contributed by atoms with van der Waals surface area (Å²) >= 11 is 0. The Morgan fingerprint density at radius 3 is 3.05 bits per heavy atom. The molecule has 2 heterocycles. The molecule has 0 N–H and O–H groups in total. The number of hydrogen-bond acceptors (Lipinski definition) is 4. The summed E-state index contributed by atoms with van der Waals surface area (Å²) in [5.41, 5.74) is 1.90. The van der Waals surface area contributed by atoms with E-state index >= 15 is 0 Å². The van der Waals surface area contributed by atoms with Crippen LogP contribution in [-0.2, 0) is 23.0 Å². The minimum atomic E-state index is -0.320. The smallest absolute Gasteiger partial charge is 0.168 e. The summed E-state index contributed by atoms with van der Waals surface area (Å²) in [6.07, 6.45) is 0.0169. The van der Waals surface area contributed by atoms with Crippen LogP contribution in [0.15, 0.2) is 24.3 Å². The number of fused-ring (bicyclic) bond motifs is 1. The fourth-order valence-electron chi connectivity index (χ4n) is 2.88. The third-order valence-corrected chi connectivity index (χ3v) is 4.13. The van der Waals surface area contributed by atoms with E-state index in [4.69, 9.17) is 4.74 Å². The van der Waals surface area contributed by atoms with Crippen molar-refractivity contribution in [2.45, 2.75) is 19.4 Å². The van der Waals surface area contributed by atoms with E-state index in [-0.39, 0.29) is 11.9 Å². The Bertz CT molecular complexity index is 650. The molecule has 5 heteroatoms. The maximum absolute atomic E-state index is 12.5. The second kappa shape index (κ2) is 5.95. The summed E-state index contributed by atoms with van der Waals surface area (Å²) in [6.45, 7) is 5.30. The van der Waals surface area contributed by atoms with Crippen LogP contribution in [0.1, 0.15) is 12.6 Å². The van der Waals surface area contributed by atoms with Gasteiger partial charge in [0.1, 0.15) is 6.10 Å². The topological polar surface area (TPSA) is 47.4 Å². The molecule has 21 heavy (non-hydrogen) atoms. The van der Waals surface area contributed by atoms with Gasteiger partial charge in [0.15, 0.2) is 5.78 Å². The van der Waals surface area contributed by atoms with Crippen LogP contribution in [0.25, 0.3) is 10.9 Å². The van der Waals surface area contributed by atoms with Gasteiger partial charge in [0.25, 0.3) is 0 Å². The largest absolute Gasteiger partial charge is 0.368 e. The van der Waals surface area contributed by atoms with Crippen LogP contribution in [0.3, 0.4) is 0 Å². The van der Waals surface area contributed by atoms with Gasteiger partial charge in [-0.25, -0.2) is 0 Å². The quantitative estimate of drug-likeness (QED) is 0.853. The van der Waals surface area contributed by atoms with Gasteiger partial charge in [-0.15, -0.1) is 0 Å². The summed E-state index contributed by atoms with van der Waals surface area (Å²) in [5, 5.41) is 5.54. The molecule has 0 spiro atoms. The Labute approximate surface area is 124 Å². The summed E-state index contributed by atoms with van der Waals surface area (Å²) in [7, 11) is 1.91. The van der Waals surface area contributed by atoms with Crippen molar-refractivity contribution in [3.05, 3.63) is 30.0 Å². The number of para-hydroxylation sites is 1. The number of ketones is 1. The number of hydrogen-bond donors (Lipinski definition) is 0. The highest BCUT2D eigenvalue weighted by Crippen LogP contribution is 2.19. The summed E-state index contributed by atoms with van der Waals surface area (Å²) in [4.78, 5) is 14.7. The maximum Gasteiger partial charge on any atom is 0.168 e. The van der Waals surface area contributed by atoms with Crippen LogP contribution in [0.2, 0.25) is 0 Å². The minimum Gasteiger partial charge on any atom is -0.368 e. The van der Waals surface area contributed by atoms with Crippen molar-refractivity contribution < 1.29 is 9.53 Å². The third-order valence-electron chi connectivity index (χ3n) is 4.13. The van der Waals surface area contributed by atoms with Gasteiger partial charge in [-0.2, -0.15) is 5.10 Å². The van der Waals surface area contributed by atoms with Crippen LogP contribution in [0, 0.1) is 0 Å². The molecule has 0 radical (unpaired) electrons. The number of ether oxygens (including phenoxy) is 1. The number of rotatable bonds is 4. The van der Waals surface area contributed by atoms with E-state index in [1.807, 2.05) is 36.0 Å². The number of carbonyl (C=O) groups excluding carboxylic acids is 1. The highest BCUT2D eigenvalue weighted by Gasteiger charge is 2.26. The van der Waals surface area contributed by atoms with Crippen molar-refractivity contribution in [2.75, 3.05) is 26.2 Å². The Morgan fingerprint density at radius 2 is 2.24 bits per heavy atom. The predicted octanol–water partition coefficient (Wildman–Crippen LogP) is 1.41. The average molecular weight is 287 g/mol. The first-order valence-electron chi connectivity index (χ1n) is 7.46. The minimum absolute atomic E-state index is 0.122. The molecule has 5 nitrogen and oxygen atoms in total. The van der Waals surface area contributed by atoms with Gasteiger partial charge < -0.3 is 4.74 Å². The zero-order chi connectivity index (χ0) is 14.8. The summed E-state index contributed by atoms with van der Waals surface area (Å²) < 4.78 is 7.47. The monoisotopic (exact) mass is 287 g/mol. The van der Waals surface area contributed by atoms with Crippen LogP contribution < -0.4 is 0 Å². The Hall–Kier alpha value is -1.72. The van der Waals surface area contributed by atoms with E-state index in [2.05, 4.69) is 16.9 Å². The number of nitrogens with zero attached hydrogens (tertiary/aromatic N) is 3. The fourth-order valence-corrected chi connectivity index (χ4v) is 2.88. The van der Waals surface area contributed by atoms with Crippen molar-refractivity contribution in [1.82, 2.24) is 14.7 Å². The van der Waals surface area contributed by atoms with Crippen molar-refractivity contribution >= 4 is 16.7 Å². The zero-order valence-corrected chi connectivity index (χ0v) is 12.6. The molecule has 0 amide bonds. The standard InChI is InChI=1S/C16H21N3O2/c1-3-19-8-9-21-16(11-19)15(20)10-13-12-6-4-5-7-14(12)18(2)17-13/h4-7,16H,3,8-11H2,1-2H3. The van der Waals surface area contributed by atoms with Gasteiger partial charge in [0.2, 0.25) is 0 Å². The third kappa shape index (κ3) is 2.84. The highest BCUT2D eigenvalue weighted by atomic mass is 16.5. The first-order valence-corrected chi connectivity index (χ1v) is 7.46. The molecule has 1 saturated heterocycles. The van der Waals surface area contributed by atoms with Crippen LogP contribution in [0.5, 0.6) is 0 Å². The molecule has 112 valence electrons. The molecule has 1 aromatic heterocycles. The van der Waals surface area contributed by atoms with E-state index in [0.29, 0.717) is 19.6 Å². The van der Waals surface area contributed by atoms with Crippen LogP contribution >= 0.6 is 0 Å². The van der Waals surface area contributed by atoms with E-state index in [0.717, 1.165) is 29.7 Å². The molecule has 1 atom stereocenters. The molecule has 0 saturated carbocycles. The lowest BCUT2D eigenvalue weighted by Gasteiger charge is -2.31. The van der Waals surface area contributed by atoms with Gasteiger partial charge >= 0.3 is 0 Å². The maximum atomic E-state index is 12.5. The Balaban J connectivity index is 1.77. The second-order valence-electron chi connectivity index (χ2n) is 5.48. The van der Waals surface area contributed by atoms with Crippen molar-refractivity contribution in [1.29, 1.82) is 0 Å². The Kier molecular flexibility index (Phi) is 4.03. The molecule has 3 rings (SSSR count). The van der Waals surface area contributed by atoms with Crippen molar-refractivity contribution in [2.24, 2.45) is 7.05 Å². The van der Waals surface area contributed by atoms with Gasteiger partial charge in [0.05, 0.1) is 24.2 Å². The number of Topliss-reactive ketones (excluding diaryl/α,β-unsaturated/α-hetero) is 1. The first-order chi connectivity index (χ1) is 10.2. The molecule has 0 aliphatic carbocycles. The molecule has 0 bridgehead atoms. The number of benzene rings is 1. The molecule has 1 aliphatic heterocycles. The lowest BCUT2D eigenvalue weighted by molar-refractivity contribution is -0.135. The van der Waals surface area contributed by atoms with E-state index in [1.165, 1.54) is 0 Å². The van der Waals surface area contributed by atoms with Gasteiger partial charge in [-0.05, 0) is 12.6 Å². The highest BCUT2D eigenvalue weighted by molar-refractivity contribution is 5.90. The molecular formula is C16H21N3O2. The molecule has 1 aromatic carbocycles. The number of carbonyl (C=O) groups is 1. The lowest BCUT2D eigenvalue weighted by atomic mass is 10.1. The van der Waals surface area contributed by atoms with Crippen LogP contribution in [0.4, 0.5) is 0 Å². The first kappa shape index (κ1) is 14.2. The van der Waals surface area contributed by atoms with Gasteiger partial charge in [-0.3, -0.25) is 14.4 Å². The lowest BCUT2D eigenvalue weighted by Crippen LogP contribution is -2.46. The SMILES string of the molecule is CCN1CCOC(C(=O)Cc2nn(C)c3ccccc23)C1. The molecule has 1 aliphatic rings. The van der Waals surface area contributed by atoms with E-state index in [9.17, 15) is 4.79 Å². The Morgan fingerprint density at radius 1 is 1.43 bits per heavy atom. The normalized spacial score (nSPS) is 20.0. The predicted molar refractivity (Wildman–Crippen MR) is 81.3 cm³/mol. The number of morpholine rings is 1. The molecular weight excluding hydrogens is 266 g/mol. The molecule has 1 fully saturated rings. The van der Waals surface area contributed by atoms with Crippen molar-refractivity contribution in [3.63, 3.8) is 0 Å².